The number of ether oxygens (including phenoxy) is 1. The zero-order valence-corrected chi connectivity index (χ0v) is 14.8. The Bertz CT molecular complexity index is 718. The number of para-hydroxylation sites is 2. The fourth-order valence-corrected chi connectivity index (χ4v) is 3.12. The summed E-state index contributed by atoms with van der Waals surface area (Å²) >= 11 is 3.60. The van der Waals surface area contributed by atoms with Crippen LogP contribution in [-0.4, -0.2) is 37.6 Å². The molecule has 1 aliphatic rings. The minimum atomic E-state index is -0.484. The summed E-state index contributed by atoms with van der Waals surface area (Å²) in [5.41, 5.74) is 2.20. The molecule has 1 aliphatic heterocycles. The number of amides is 1. The van der Waals surface area contributed by atoms with Crippen LogP contribution in [0.3, 0.4) is 0 Å². The first-order valence-corrected chi connectivity index (χ1v) is 8.31. The largest absolute Gasteiger partial charge is 0.477 e. The van der Waals surface area contributed by atoms with Crippen LogP contribution in [0, 0.1) is 0 Å². The highest BCUT2D eigenvalue weighted by Gasteiger charge is 2.31. The molecule has 0 radical (unpaired) electrons. The average molecular weight is 375 g/mol. The second-order valence-electron chi connectivity index (χ2n) is 5.78. The Labute approximate surface area is 144 Å². The van der Waals surface area contributed by atoms with E-state index >= 15 is 0 Å². The van der Waals surface area contributed by atoms with E-state index in [9.17, 15) is 4.79 Å². The van der Waals surface area contributed by atoms with Gasteiger partial charge in [-0.2, -0.15) is 0 Å². The second-order valence-corrected chi connectivity index (χ2v) is 6.63. The van der Waals surface area contributed by atoms with Crippen molar-refractivity contribution < 1.29 is 9.53 Å². The molecule has 0 saturated heterocycles. The van der Waals surface area contributed by atoms with Crippen molar-refractivity contribution in [2.75, 3.05) is 25.5 Å². The quantitative estimate of drug-likeness (QED) is 0.825. The van der Waals surface area contributed by atoms with Gasteiger partial charge in [0.25, 0.3) is 5.91 Å². The molecule has 0 unspecified atom stereocenters. The molecule has 0 saturated carbocycles. The van der Waals surface area contributed by atoms with Gasteiger partial charge < -0.3 is 14.5 Å². The van der Waals surface area contributed by atoms with Gasteiger partial charge in [0, 0.05) is 25.1 Å². The van der Waals surface area contributed by atoms with E-state index in [0.717, 1.165) is 22.5 Å². The molecule has 0 aliphatic carbocycles. The van der Waals surface area contributed by atoms with Gasteiger partial charge >= 0.3 is 0 Å². The molecule has 1 amide bonds. The third kappa shape index (κ3) is 3.34. The van der Waals surface area contributed by atoms with E-state index in [0.29, 0.717) is 6.54 Å². The van der Waals surface area contributed by atoms with Gasteiger partial charge in [-0.15, -0.1) is 0 Å². The smallest absolute Gasteiger partial charge is 0.265 e. The van der Waals surface area contributed by atoms with Gasteiger partial charge in [0.2, 0.25) is 0 Å². The van der Waals surface area contributed by atoms with Crippen LogP contribution in [0.25, 0.3) is 0 Å². The topological polar surface area (TPSA) is 32.8 Å². The number of fused-ring (bicyclic) bond motifs is 1. The number of benzene rings is 2. The molecule has 23 heavy (non-hydrogen) atoms. The Morgan fingerprint density at radius 3 is 2.65 bits per heavy atom. The minimum Gasteiger partial charge on any atom is -0.477 e. The lowest BCUT2D eigenvalue weighted by atomic mass is 10.1. The van der Waals surface area contributed by atoms with Crippen LogP contribution in [0.1, 0.15) is 5.56 Å². The first-order valence-electron chi connectivity index (χ1n) is 7.51. The maximum Gasteiger partial charge on any atom is 0.265 e. The predicted octanol–water partition coefficient (Wildman–Crippen LogP) is 3.30. The van der Waals surface area contributed by atoms with Gasteiger partial charge in [-0.05, 0) is 23.8 Å². The van der Waals surface area contributed by atoms with Gasteiger partial charge in [-0.3, -0.25) is 4.79 Å². The summed E-state index contributed by atoms with van der Waals surface area (Å²) in [6, 6.07) is 16.0. The van der Waals surface area contributed by atoms with Crippen LogP contribution >= 0.6 is 15.9 Å². The summed E-state index contributed by atoms with van der Waals surface area (Å²) in [4.78, 5) is 16.1. The number of likely N-dealkylation sites (N-methyl/N-ethyl adjacent to an activating group) is 1. The van der Waals surface area contributed by atoms with E-state index < -0.39 is 6.10 Å². The van der Waals surface area contributed by atoms with Crippen molar-refractivity contribution in [1.29, 1.82) is 0 Å². The number of carbonyl (C=O) groups excluding carboxylic acids is 1. The molecule has 1 atom stereocenters. The highest BCUT2D eigenvalue weighted by molar-refractivity contribution is 9.10. The highest BCUT2D eigenvalue weighted by Crippen LogP contribution is 2.35. The van der Waals surface area contributed by atoms with Crippen molar-refractivity contribution in [3.8, 4) is 5.75 Å². The SMILES string of the molecule is CN(C)C(=O)[C@H]1CN(Cc2ccccc2Br)c2ccccc2O1. The number of hydrogen-bond donors (Lipinski definition) is 0. The summed E-state index contributed by atoms with van der Waals surface area (Å²) in [6.45, 7) is 1.26. The molecule has 1 heterocycles. The van der Waals surface area contributed by atoms with Crippen LogP contribution in [-0.2, 0) is 11.3 Å². The number of nitrogens with zero attached hydrogens (tertiary/aromatic N) is 2. The van der Waals surface area contributed by atoms with E-state index in [1.54, 1.807) is 19.0 Å². The van der Waals surface area contributed by atoms with Crippen molar-refractivity contribution in [3.05, 3.63) is 58.6 Å². The van der Waals surface area contributed by atoms with E-state index in [4.69, 9.17) is 4.74 Å². The molecular formula is C18H19BrN2O2. The maximum absolute atomic E-state index is 12.3. The Balaban J connectivity index is 1.91. The zero-order valence-electron chi connectivity index (χ0n) is 13.2. The molecule has 120 valence electrons. The number of anilines is 1. The number of carbonyl (C=O) groups is 1. The van der Waals surface area contributed by atoms with Gasteiger partial charge in [-0.25, -0.2) is 0 Å². The lowest BCUT2D eigenvalue weighted by Crippen LogP contribution is -2.48. The van der Waals surface area contributed by atoms with E-state index in [1.807, 2.05) is 42.5 Å². The molecule has 0 bridgehead atoms. The lowest BCUT2D eigenvalue weighted by Gasteiger charge is -2.36. The highest BCUT2D eigenvalue weighted by atomic mass is 79.9. The van der Waals surface area contributed by atoms with Crippen LogP contribution in [0.15, 0.2) is 53.0 Å². The second kappa shape index (κ2) is 6.62. The van der Waals surface area contributed by atoms with Crippen LogP contribution in [0.2, 0.25) is 0 Å². The van der Waals surface area contributed by atoms with Gasteiger partial charge in [-0.1, -0.05) is 46.3 Å². The van der Waals surface area contributed by atoms with Crippen molar-refractivity contribution >= 4 is 27.5 Å². The molecule has 2 aromatic rings. The lowest BCUT2D eigenvalue weighted by molar-refractivity contribution is -0.136. The first-order chi connectivity index (χ1) is 11.1. The Morgan fingerprint density at radius 2 is 1.91 bits per heavy atom. The van der Waals surface area contributed by atoms with Crippen molar-refractivity contribution in [2.45, 2.75) is 12.6 Å². The monoisotopic (exact) mass is 374 g/mol. The van der Waals surface area contributed by atoms with Crippen LogP contribution < -0.4 is 9.64 Å². The Kier molecular flexibility index (Phi) is 4.57. The van der Waals surface area contributed by atoms with E-state index in [-0.39, 0.29) is 5.91 Å². The predicted molar refractivity (Wildman–Crippen MR) is 94.7 cm³/mol. The normalized spacial score (nSPS) is 16.5. The third-order valence-electron chi connectivity index (χ3n) is 3.90. The van der Waals surface area contributed by atoms with Crippen LogP contribution in [0.4, 0.5) is 5.69 Å². The fraction of sp³-hybridized carbons (Fsp3) is 0.278. The molecule has 0 N–H and O–H groups in total. The van der Waals surface area contributed by atoms with Crippen molar-refractivity contribution in [3.63, 3.8) is 0 Å². The third-order valence-corrected chi connectivity index (χ3v) is 4.67. The first kappa shape index (κ1) is 15.9. The summed E-state index contributed by atoms with van der Waals surface area (Å²) in [6.07, 6.45) is -0.484. The molecular weight excluding hydrogens is 356 g/mol. The minimum absolute atomic E-state index is 0.0170. The van der Waals surface area contributed by atoms with Gasteiger partial charge in [0.05, 0.1) is 12.2 Å². The molecule has 5 heteroatoms. The molecule has 0 spiro atoms. The fourth-order valence-electron chi connectivity index (χ4n) is 2.71. The molecule has 3 rings (SSSR count). The summed E-state index contributed by atoms with van der Waals surface area (Å²) < 4.78 is 6.98. The average Bonchev–Trinajstić information content (AvgIpc) is 2.56. The van der Waals surface area contributed by atoms with E-state index in [1.165, 1.54) is 5.56 Å². The number of rotatable bonds is 3. The summed E-state index contributed by atoms with van der Waals surface area (Å²) in [7, 11) is 3.51. The van der Waals surface area contributed by atoms with Gasteiger partial charge in [0.15, 0.2) is 6.10 Å². The molecule has 0 fully saturated rings. The van der Waals surface area contributed by atoms with Crippen LogP contribution in [0.5, 0.6) is 5.75 Å². The molecule has 0 aromatic heterocycles. The van der Waals surface area contributed by atoms with Crippen molar-refractivity contribution in [1.82, 2.24) is 4.90 Å². The number of hydrogen-bond acceptors (Lipinski definition) is 3. The zero-order chi connectivity index (χ0) is 16.4. The maximum atomic E-state index is 12.3. The standard InChI is InChI=1S/C18H19BrN2O2/c1-20(2)18(22)17-12-21(11-13-7-3-4-8-14(13)19)15-9-5-6-10-16(15)23-17/h3-10,17H,11-12H2,1-2H3/t17-/m1/s1. The van der Waals surface area contributed by atoms with Gasteiger partial charge in [0.1, 0.15) is 5.75 Å². The van der Waals surface area contributed by atoms with E-state index in [2.05, 4.69) is 26.9 Å². The van der Waals surface area contributed by atoms with Crippen molar-refractivity contribution in [2.24, 2.45) is 0 Å². The summed E-state index contributed by atoms with van der Waals surface area (Å²) in [5.74, 6) is 0.739. The molecule has 2 aromatic carbocycles. The Morgan fingerprint density at radius 1 is 1.22 bits per heavy atom. The Hall–Kier alpha value is -2.01. The molecule has 4 nitrogen and oxygen atoms in total. The number of halogens is 1. The summed E-state index contributed by atoms with van der Waals surface area (Å²) in [5, 5.41) is 0.